The first-order valence-corrected chi connectivity index (χ1v) is 7.23. The van der Waals surface area contributed by atoms with Crippen molar-refractivity contribution in [3.05, 3.63) is 29.8 Å². The summed E-state index contributed by atoms with van der Waals surface area (Å²) in [7, 11) is -2.91. The molecule has 0 aromatic heterocycles. The molecule has 0 aliphatic carbocycles. The Morgan fingerprint density at radius 1 is 1.29 bits per heavy atom. The second-order valence-corrected chi connectivity index (χ2v) is 6.05. The average molecular weight is 253 g/mol. The molecule has 0 aliphatic heterocycles. The molecule has 0 heterocycles. The maximum atomic E-state index is 11.2. The minimum absolute atomic E-state index is 0.153. The van der Waals surface area contributed by atoms with E-state index in [1.807, 2.05) is 6.07 Å². The highest BCUT2D eigenvalue weighted by atomic mass is 32.2. The lowest BCUT2D eigenvalue weighted by Gasteiger charge is -2.05. The molecule has 0 bridgehead atoms. The molecule has 5 heteroatoms. The molecule has 0 saturated carbocycles. The van der Waals surface area contributed by atoms with Crippen LogP contribution in [0.5, 0.6) is 5.75 Å². The first-order valence-electron chi connectivity index (χ1n) is 5.41. The van der Waals surface area contributed by atoms with Crippen molar-refractivity contribution in [2.24, 2.45) is 0 Å². The highest BCUT2D eigenvalue weighted by molar-refractivity contribution is 7.91. The molecule has 0 saturated heterocycles. The third-order valence-corrected chi connectivity index (χ3v) is 4.08. The number of hydrogen-bond acceptors (Lipinski definition) is 4. The van der Waals surface area contributed by atoms with Gasteiger partial charge in [-0.3, -0.25) is 0 Å². The second kappa shape index (κ2) is 6.26. The van der Waals surface area contributed by atoms with E-state index in [1.54, 1.807) is 31.2 Å². The summed E-state index contributed by atoms with van der Waals surface area (Å²) in [5.74, 6) is 0.974. The van der Waals surface area contributed by atoms with E-state index in [-0.39, 0.29) is 11.5 Å². The maximum Gasteiger partial charge on any atom is 0.150 e. The van der Waals surface area contributed by atoms with Crippen LogP contribution in [-0.2, 0) is 9.84 Å². The summed E-state index contributed by atoms with van der Waals surface area (Å²) < 4.78 is 27.8. The van der Waals surface area contributed by atoms with Gasteiger partial charge in [-0.1, -0.05) is 6.92 Å². The van der Waals surface area contributed by atoms with Gasteiger partial charge >= 0.3 is 0 Å². The van der Waals surface area contributed by atoms with Crippen LogP contribution in [0.2, 0.25) is 0 Å². The SMILES string of the molecule is CCS(=O)(=O)CCCOc1ccc(C#N)cc1. The lowest BCUT2D eigenvalue weighted by atomic mass is 10.2. The molecule has 17 heavy (non-hydrogen) atoms. The first-order chi connectivity index (χ1) is 8.07. The van der Waals surface area contributed by atoms with Crippen LogP contribution in [0.25, 0.3) is 0 Å². The molecule has 1 aromatic carbocycles. The van der Waals surface area contributed by atoms with E-state index in [2.05, 4.69) is 0 Å². The Hall–Kier alpha value is -1.54. The third kappa shape index (κ3) is 4.87. The van der Waals surface area contributed by atoms with Gasteiger partial charge in [-0.05, 0) is 30.7 Å². The number of hydrogen-bond donors (Lipinski definition) is 0. The Bertz CT molecular complexity index is 485. The quantitative estimate of drug-likeness (QED) is 0.724. The molecule has 0 amide bonds. The van der Waals surface area contributed by atoms with Gasteiger partial charge in [-0.25, -0.2) is 8.42 Å². The fraction of sp³-hybridized carbons (Fsp3) is 0.417. The van der Waals surface area contributed by atoms with Crippen molar-refractivity contribution in [1.29, 1.82) is 5.26 Å². The van der Waals surface area contributed by atoms with Crippen molar-refractivity contribution in [2.45, 2.75) is 13.3 Å². The molecule has 0 atom stereocenters. The van der Waals surface area contributed by atoms with Crippen molar-refractivity contribution >= 4 is 9.84 Å². The lowest BCUT2D eigenvalue weighted by Crippen LogP contribution is -2.11. The monoisotopic (exact) mass is 253 g/mol. The highest BCUT2D eigenvalue weighted by Gasteiger charge is 2.06. The van der Waals surface area contributed by atoms with Gasteiger partial charge in [0, 0.05) is 5.75 Å². The van der Waals surface area contributed by atoms with Crippen LogP contribution in [0.15, 0.2) is 24.3 Å². The van der Waals surface area contributed by atoms with Crippen molar-refractivity contribution < 1.29 is 13.2 Å². The van der Waals surface area contributed by atoms with Crippen LogP contribution >= 0.6 is 0 Å². The number of benzene rings is 1. The molecule has 0 unspecified atom stereocenters. The summed E-state index contributed by atoms with van der Waals surface area (Å²) in [5.41, 5.74) is 0.575. The predicted molar refractivity (Wildman–Crippen MR) is 65.6 cm³/mol. The van der Waals surface area contributed by atoms with Crippen molar-refractivity contribution in [3.63, 3.8) is 0 Å². The van der Waals surface area contributed by atoms with Crippen LogP contribution in [0.1, 0.15) is 18.9 Å². The van der Waals surface area contributed by atoms with E-state index in [9.17, 15) is 8.42 Å². The Balaban J connectivity index is 2.34. The number of nitriles is 1. The molecule has 0 radical (unpaired) electrons. The number of nitrogens with zero attached hydrogens (tertiary/aromatic N) is 1. The molecule has 0 spiro atoms. The molecular formula is C12H15NO3S. The topological polar surface area (TPSA) is 67.2 Å². The average Bonchev–Trinajstić information content (AvgIpc) is 2.35. The van der Waals surface area contributed by atoms with E-state index in [0.717, 1.165) is 0 Å². The van der Waals surface area contributed by atoms with Gasteiger partial charge in [0.25, 0.3) is 0 Å². The van der Waals surface area contributed by atoms with Crippen LogP contribution in [0, 0.1) is 11.3 Å². The summed E-state index contributed by atoms with van der Waals surface area (Å²) >= 11 is 0. The van der Waals surface area contributed by atoms with Gasteiger partial charge in [0.15, 0.2) is 0 Å². The van der Waals surface area contributed by atoms with Crippen molar-refractivity contribution in [2.75, 3.05) is 18.1 Å². The van der Waals surface area contributed by atoms with Crippen molar-refractivity contribution in [3.8, 4) is 11.8 Å². The molecule has 4 nitrogen and oxygen atoms in total. The van der Waals surface area contributed by atoms with Crippen LogP contribution < -0.4 is 4.74 Å². The zero-order chi connectivity index (χ0) is 12.7. The Morgan fingerprint density at radius 3 is 2.47 bits per heavy atom. The van der Waals surface area contributed by atoms with E-state index in [1.165, 1.54) is 0 Å². The van der Waals surface area contributed by atoms with E-state index < -0.39 is 9.84 Å². The molecule has 0 aliphatic rings. The molecule has 1 rings (SSSR count). The largest absolute Gasteiger partial charge is 0.494 e. The zero-order valence-corrected chi connectivity index (χ0v) is 10.5. The molecule has 1 aromatic rings. The summed E-state index contributed by atoms with van der Waals surface area (Å²) in [6.45, 7) is 2.00. The molecular weight excluding hydrogens is 238 g/mol. The highest BCUT2D eigenvalue weighted by Crippen LogP contribution is 2.11. The Morgan fingerprint density at radius 2 is 1.94 bits per heavy atom. The van der Waals surface area contributed by atoms with Crippen LogP contribution in [-0.4, -0.2) is 26.5 Å². The summed E-state index contributed by atoms with van der Waals surface area (Å²) in [5, 5.41) is 8.60. The zero-order valence-electron chi connectivity index (χ0n) is 9.72. The minimum Gasteiger partial charge on any atom is -0.494 e. The van der Waals surface area contributed by atoms with Crippen LogP contribution in [0.4, 0.5) is 0 Å². The summed E-state index contributed by atoms with van der Waals surface area (Å²) in [4.78, 5) is 0. The Kier molecular flexibility index (Phi) is 4.98. The maximum absolute atomic E-state index is 11.2. The minimum atomic E-state index is -2.91. The summed E-state index contributed by atoms with van der Waals surface area (Å²) in [6.07, 6.45) is 0.482. The van der Waals surface area contributed by atoms with Gasteiger partial charge in [0.1, 0.15) is 15.6 Å². The van der Waals surface area contributed by atoms with Crippen molar-refractivity contribution in [1.82, 2.24) is 0 Å². The van der Waals surface area contributed by atoms with Gasteiger partial charge in [0.2, 0.25) is 0 Å². The first kappa shape index (κ1) is 13.5. The molecule has 92 valence electrons. The van der Waals surface area contributed by atoms with Gasteiger partial charge in [-0.15, -0.1) is 0 Å². The number of sulfone groups is 1. The fourth-order valence-electron chi connectivity index (χ4n) is 1.24. The van der Waals surface area contributed by atoms with E-state index in [4.69, 9.17) is 10.00 Å². The van der Waals surface area contributed by atoms with E-state index >= 15 is 0 Å². The summed E-state index contributed by atoms with van der Waals surface area (Å²) in [6, 6.07) is 8.75. The molecule has 0 N–H and O–H groups in total. The van der Waals surface area contributed by atoms with Crippen LogP contribution in [0.3, 0.4) is 0 Å². The van der Waals surface area contributed by atoms with Gasteiger partial charge < -0.3 is 4.74 Å². The normalized spacial score (nSPS) is 10.8. The molecule has 0 fully saturated rings. The predicted octanol–water partition coefficient (Wildman–Crippen LogP) is 1.76. The Labute approximate surface area is 102 Å². The standard InChI is InChI=1S/C12H15NO3S/c1-2-17(14,15)9-3-8-16-12-6-4-11(10-13)5-7-12/h4-7H,2-3,8-9H2,1H3. The van der Waals surface area contributed by atoms with Gasteiger partial charge in [0.05, 0.1) is 24.0 Å². The third-order valence-electron chi connectivity index (χ3n) is 2.29. The van der Waals surface area contributed by atoms with Gasteiger partial charge in [-0.2, -0.15) is 5.26 Å². The second-order valence-electron chi connectivity index (χ2n) is 3.57. The fourth-order valence-corrected chi connectivity index (χ4v) is 2.09. The number of ether oxygens (including phenoxy) is 1. The smallest absolute Gasteiger partial charge is 0.150 e. The lowest BCUT2D eigenvalue weighted by molar-refractivity contribution is 0.317. The van der Waals surface area contributed by atoms with E-state index in [0.29, 0.717) is 24.3 Å². The number of rotatable bonds is 6.